The van der Waals surface area contributed by atoms with Crippen molar-refractivity contribution in [2.75, 3.05) is 19.7 Å². The molecule has 5 nitrogen and oxygen atoms in total. The SMILES string of the molecule is CCOc1cccc(C(c2cccnc2)N2CCC(C(=O)O)CC2)c1. The number of hydrogen-bond donors (Lipinski definition) is 1. The van der Waals surface area contributed by atoms with Crippen molar-refractivity contribution in [2.24, 2.45) is 5.92 Å². The number of piperidine rings is 1. The number of nitrogens with zero attached hydrogens (tertiary/aromatic N) is 2. The maximum atomic E-state index is 11.2. The predicted octanol–water partition coefficient (Wildman–Crippen LogP) is 3.37. The van der Waals surface area contributed by atoms with Gasteiger partial charge in [-0.1, -0.05) is 18.2 Å². The highest BCUT2D eigenvalue weighted by Crippen LogP contribution is 2.33. The average Bonchev–Trinajstić information content (AvgIpc) is 2.64. The van der Waals surface area contributed by atoms with E-state index in [0.717, 1.165) is 30.0 Å². The summed E-state index contributed by atoms with van der Waals surface area (Å²) in [4.78, 5) is 17.9. The lowest BCUT2D eigenvalue weighted by molar-refractivity contribution is -0.143. The number of carboxylic acid groups (broad SMARTS) is 1. The molecule has 0 aliphatic carbocycles. The first-order valence-corrected chi connectivity index (χ1v) is 8.78. The van der Waals surface area contributed by atoms with Gasteiger partial charge in [0.1, 0.15) is 5.75 Å². The van der Waals surface area contributed by atoms with Crippen LogP contribution in [0.3, 0.4) is 0 Å². The fourth-order valence-electron chi connectivity index (χ4n) is 3.50. The first-order chi connectivity index (χ1) is 12.2. The third-order valence-electron chi connectivity index (χ3n) is 4.73. The van der Waals surface area contributed by atoms with E-state index in [1.807, 2.05) is 31.3 Å². The molecule has 1 aromatic carbocycles. The van der Waals surface area contributed by atoms with Crippen LogP contribution in [0.1, 0.15) is 36.9 Å². The Bertz CT molecular complexity index is 697. The zero-order valence-corrected chi connectivity index (χ0v) is 14.5. The number of rotatable bonds is 6. The molecule has 1 aliphatic heterocycles. The summed E-state index contributed by atoms with van der Waals surface area (Å²) in [5, 5.41) is 9.25. The van der Waals surface area contributed by atoms with Gasteiger partial charge in [-0.2, -0.15) is 0 Å². The largest absolute Gasteiger partial charge is 0.494 e. The molecule has 25 heavy (non-hydrogen) atoms. The minimum atomic E-state index is -0.684. The molecular weight excluding hydrogens is 316 g/mol. The van der Waals surface area contributed by atoms with Gasteiger partial charge in [0.25, 0.3) is 0 Å². The molecule has 132 valence electrons. The van der Waals surface area contributed by atoms with Crippen molar-refractivity contribution < 1.29 is 14.6 Å². The molecule has 1 aromatic heterocycles. The predicted molar refractivity (Wildman–Crippen MR) is 95.6 cm³/mol. The van der Waals surface area contributed by atoms with Crippen molar-refractivity contribution in [1.82, 2.24) is 9.88 Å². The lowest BCUT2D eigenvalue weighted by Crippen LogP contribution is -2.39. The van der Waals surface area contributed by atoms with Gasteiger partial charge in [0, 0.05) is 12.4 Å². The van der Waals surface area contributed by atoms with Crippen molar-refractivity contribution in [3.63, 3.8) is 0 Å². The molecule has 1 fully saturated rings. The summed E-state index contributed by atoms with van der Waals surface area (Å²) in [6.07, 6.45) is 5.02. The van der Waals surface area contributed by atoms with Crippen LogP contribution in [0.25, 0.3) is 0 Å². The van der Waals surface area contributed by atoms with Crippen molar-refractivity contribution in [3.8, 4) is 5.75 Å². The normalized spacial score (nSPS) is 17.2. The van der Waals surface area contributed by atoms with Gasteiger partial charge in [-0.25, -0.2) is 0 Å². The number of benzene rings is 1. The minimum Gasteiger partial charge on any atom is -0.494 e. The van der Waals surface area contributed by atoms with Crippen molar-refractivity contribution in [3.05, 3.63) is 59.9 Å². The van der Waals surface area contributed by atoms with E-state index in [9.17, 15) is 9.90 Å². The summed E-state index contributed by atoms with van der Waals surface area (Å²) in [6, 6.07) is 12.2. The zero-order valence-electron chi connectivity index (χ0n) is 14.5. The summed E-state index contributed by atoms with van der Waals surface area (Å²) >= 11 is 0. The van der Waals surface area contributed by atoms with Gasteiger partial charge in [0.2, 0.25) is 0 Å². The average molecular weight is 340 g/mol. The smallest absolute Gasteiger partial charge is 0.306 e. The topological polar surface area (TPSA) is 62.7 Å². The summed E-state index contributed by atoms with van der Waals surface area (Å²) in [6.45, 7) is 4.12. The standard InChI is InChI=1S/C20H24N2O3/c1-2-25-18-7-3-5-16(13-18)19(17-6-4-10-21-14-17)22-11-8-15(9-12-22)20(23)24/h3-7,10,13-15,19H,2,8-9,11-12H2,1H3,(H,23,24). The monoisotopic (exact) mass is 340 g/mol. The van der Waals surface area contributed by atoms with Crippen molar-refractivity contribution in [1.29, 1.82) is 0 Å². The molecule has 2 aromatic rings. The highest BCUT2D eigenvalue weighted by molar-refractivity contribution is 5.70. The minimum absolute atomic E-state index is 0.0591. The molecule has 0 amide bonds. The third-order valence-corrected chi connectivity index (χ3v) is 4.73. The number of pyridine rings is 1. The van der Waals surface area contributed by atoms with E-state index >= 15 is 0 Å². The number of carboxylic acids is 1. The second kappa shape index (κ2) is 8.12. The Hall–Kier alpha value is -2.40. The lowest BCUT2D eigenvalue weighted by atomic mass is 9.92. The molecule has 1 atom stereocenters. The Balaban J connectivity index is 1.89. The van der Waals surface area contributed by atoms with Crippen LogP contribution in [-0.4, -0.2) is 40.7 Å². The first kappa shape index (κ1) is 17.4. The van der Waals surface area contributed by atoms with Crippen LogP contribution < -0.4 is 4.74 Å². The molecule has 2 heterocycles. The number of hydrogen-bond acceptors (Lipinski definition) is 4. The Morgan fingerprint density at radius 1 is 1.28 bits per heavy atom. The number of likely N-dealkylation sites (tertiary alicyclic amines) is 1. The lowest BCUT2D eigenvalue weighted by Gasteiger charge is -2.37. The van der Waals surface area contributed by atoms with Crippen molar-refractivity contribution in [2.45, 2.75) is 25.8 Å². The van der Waals surface area contributed by atoms with E-state index in [1.165, 1.54) is 0 Å². The van der Waals surface area contributed by atoms with Gasteiger partial charge in [0.05, 0.1) is 18.6 Å². The van der Waals surface area contributed by atoms with E-state index in [2.05, 4.69) is 28.1 Å². The molecule has 0 spiro atoms. The number of aliphatic carboxylic acids is 1. The van der Waals surface area contributed by atoms with Gasteiger partial charge in [-0.05, 0) is 62.2 Å². The van der Waals surface area contributed by atoms with Crippen LogP contribution in [0, 0.1) is 5.92 Å². The molecule has 0 bridgehead atoms. The Morgan fingerprint density at radius 2 is 2.04 bits per heavy atom. The molecule has 3 rings (SSSR count). The molecule has 1 aliphatic rings. The van der Waals surface area contributed by atoms with E-state index < -0.39 is 5.97 Å². The van der Waals surface area contributed by atoms with Crippen LogP contribution in [0.2, 0.25) is 0 Å². The molecule has 1 unspecified atom stereocenters. The van der Waals surface area contributed by atoms with E-state index in [4.69, 9.17) is 4.74 Å². The number of carbonyl (C=O) groups is 1. The second-order valence-electron chi connectivity index (χ2n) is 6.34. The Kier molecular flexibility index (Phi) is 5.66. The van der Waals surface area contributed by atoms with Crippen LogP contribution in [-0.2, 0) is 4.79 Å². The maximum Gasteiger partial charge on any atom is 0.306 e. The summed E-state index contributed by atoms with van der Waals surface area (Å²) in [5.74, 6) is -0.0641. The van der Waals surface area contributed by atoms with Gasteiger partial charge in [-0.3, -0.25) is 14.7 Å². The molecule has 5 heteroatoms. The van der Waals surface area contributed by atoms with Crippen molar-refractivity contribution >= 4 is 5.97 Å². The van der Waals surface area contributed by atoms with Gasteiger partial charge in [-0.15, -0.1) is 0 Å². The highest BCUT2D eigenvalue weighted by atomic mass is 16.5. The van der Waals surface area contributed by atoms with Gasteiger partial charge >= 0.3 is 5.97 Å². The Labute approximate surface area is 148 Å². The third kappa shape index (κ3) is 4.17. The molecule has 0 saturated carbocycles. The second-order valence-corrected chi connectivity index (χ2v) is 6.34. The van der Waals surface area contributed by atoms with Crippen LogP contribution in [0.15, 0.2) is 48.8 Å². The summed E-state index contributed by atoms with van der Waals surface area (Å²) in [7, 11) is 0. The van der Waals surface area contributed by atoms with Gasteiger partial charge in [0.15, 0.2) is 0 Å². The first-order valence-electron chi connectivity index (χ1n) is 8.78. The number of ether oxygens (including phenoxy) is 1. The maximum absolute atomic E-state index is 11.2. The van der Waals surface area contributed by atoms with Crippen LogP contribution in [0.4, 0.5) is 0 Å². The summed E-state index contributed by atoms with van der Waals surface area (Å²) in [5.41, 5.74) is 2.26. The molecule has 0 radical (unpaired) electrons. The highest BCUT2D eigenvalue weighted by Gasteiger charge is 2.30. The van der Waals surface area contributed by atoms with Gasteiger partial charge < -0.3 is 9.84 Å². The van der Waals surface area contributed by atoms with E-state index in [-0.39, 0.29) is 12.0 Å². The zero-order chi connectivity index (χ0) is 17.6. The Morgan fingerprint density at radius 3 is 2.68 bits per heavy atom. The van der Waals surface area contributed by atoms with Crippen LogP contribution in [0.5, 0.6) is 5.75 Å². The fourth-order valence-corrected chi connectivity index (χ4v) is 3.50. The molecular formula is C20H24N2O3. The molecule has 1 N–H and O–H groups in total. The van der Waals surface area contributed by atoms with E-state index in [0.29, 0.717) is 19.4 Å². The van der Waals surface area contributed by atoms with E-state index in [1.54, 1.807) is 6.20 Å². The summed E-state index contributed by atoms with van der Waals surface area (Å²) < 4.78 is 5.66. The fraction of sp³-hybridized carbons (Fsp3) is 0.400. The quantitative estimate of drug-likeness (QED) is 0.873. The van der Waals surface area contributed by atoms with Crippen LogP contribution >= 0.6 is 0 Å². The number of aromatic nitrogens is 1. The molecule has 1 saturated heterocycles.